The molecule has 1 unspecified atom stereocenters. The van der Waals surface area contributed by atoms with Crippen molar-refractivity contribution in [2.24, 2.45) is 0 Å². The Morgan fingerprint density at radius 1 is 0.850 bits per heavy atom. The van der Waals surface area contributed by atoms with Crippen LogP contribution >= 0.6 is 11.8 Å². The number of aliphatic hydroxyl groups is 1. The predicted octanol–water partition coefficient (Wildman–Crippen LogP) is 4.52. The van der Waals surface area contributed by atoms with E-state index in [1.54, 1.807) is 0 Å². The van der Waals surface area contributed by atoms with Crippen LogP contribution in [0.4, 0.5) is 17.6 Å². The Kier molecular flexibility index (Phi) is 4.35. The van der Waals surface area contributed by atoms with Crippen molar-refractivity contribution in [2.75, 3.05) is 0 Å². The summed E-state index contributed by atoms with van der Waals surface area (Å²) in [5, 5.41) is 10.1. The molecule has 0 aliphatic carbocycles. The summed E-state index contributed by atoms with van der Waals surface area (Å²) in [7, 11) is 0. The van der Waals surface area contributed by atoms with Gasteiger partial charge in [0.2, 0.25) is 0 Å². The van der Waals surface area contributed by atoms with E-state index < -0.39 is 17.4 Å². The first-order valence-electron chi connectivity index (χ1n) is 5.64. The molecule has 2 aromatic carbocycles. The number of hydrogen-bond donors (Lipinski definition) is 1. The molecule has 0 aliphatic rings. The van der Waals surface area contributed by atoms with Crippen LogP contribution in [0.2, 0.25) is 0 Å². The van der Waals surface area contributed by atoms with Gasteiger partial charge in [-0.3, -0.25) is 0 Å². The molecular formula is C14H10F4OS. The minimum atomic E-state index is -4.34. The van der Waals surface area contributed by atoms with Crippen molar-refractivity contribution in [3.8, 4) is 0 Å². The van der Waals surface area contributed by atoms with Gasteiger partial charge in [-0.15, -0.1) is 0 Å². The molecule has 106 valence electrons. The van der Waals surface area contributed by atoms with Crippen LogP contribution in [0, 0.1) is 5.82 Å². The molecular weight excluding hydrogens is 292 g/mol. The lowest BCUT2D eigenvalue weighted by Crippen LogP contribution is -2.01. The van der Waals surface area contributed by atoms with E-state index >= 15 is 0 Å². The number of halogens is 4. The lowest BCUT2D eigenvalue weighted by atomic mass is 10.0. The highest BCUT2D eigenvalue weighted by Gasteiger charge is 2.29. The molecule has 20 heavy (non-hydrogen) atoms. The maximum absolute atomic E-state index is 12.8. The summed E-state index contributed by atoms with van der Waals surface area (Å²) >= 11 is -0.212. The molecule has 1 atom stereocenters. The van der Waals surface area contributed by atoms with E-state index in [4.69, 9.17) is 0 Å². The third-order valence-electron chi connectivity index (χ3n) is 2.62. The maximum Gasteiger partial charge on any atom is 0.446 e. The topological polar surface area (TPSA) is 20.2 Å². The van der Waals surface area contributed by atoms with Crippen LogP contribution < -0.4 is 0 Å². The van der Waals surface area contributed by atoms with Crippen molar-refractivity contribution in [3.63, 3.8) is 0 Å². The number of alkyl halides is 3. The largest absolute Gasteiger partial charge is 0.446 e. The van der Waals surface area contributed by atoms with Crippen LogP contribution in [0.1, 0.15) is 17.2 Å². The molecule has 2 aromatic rings. The van der Waals surface area contributed by atoms with E-state index in [1.165, 1.54) is 48.5 Å². The fourth-order valence-corrected chi connectivity index (χ4v) is 2.23. The average molecular weight is 302 g/mol. The van der Waals surface area contributed by atoms with E-state index in [-0.39, 0.29) is 16.7 Å². The van der Waals surface area contributed by atoms with E-state index in [9.17, 15) is 22.7 Å². The number of benzene rings is 2. The molecule has 0 aliphatic heterocycles. The highest BCUT2D eigenvalue weighted by molar-refractivity contribution is 8.00. The quantitative estimate of drug-likeness (QED) is 0.664. The van der Waals surface area contributed by atoms with Gasteiger partial charge in [-0.1, -0.05) is 24.3 Å². The van der Waals surface area contributed by atoms with Crippen molar-refractivity contribution in [1.82, 2.24) is 0 Å². The van der Waals surface area contributed by atoms with Crippen LogP contribution in [-0.4, -0.2) is 10.6 Å². The molecule has 2 rings (SSSR count). The van der Waals surface area contributed by atoms with Crippen LogP contribution in [0.3, 0.4) is 0 Å². The van der Waals surface area contributed by atoms with Crippen molar-refractivity contribution in [1.29, 1.82) is 0 Å². The van der Waals surface area contributed by atoms with Crippen LogP contribution in [0.25, 0.3) is 0 Å². The standard InChI is InChI=1S/C14H10F4OS/c15-11-5-1-9(2-6-11)13(19)10-3-7-12(8-4-10)20-14(16,17)18/h1-8,13,19H. The summed E-state index contributed by atoms with van der Waals surface area (Å²) in [4.78, 5) is 0.0487. The van der Waals surface area contributed by atoms with Crippen LogP contribution in [0.5, 0.6) is 0 Å². The van der Waals surface area contributed by atoms with Gasteiger partial charge < -0.3 is 5.11 Å². The van der Waals surface area contributed by atoms with Gasteiger partial charge in [-0.2, -0.15) is 13.2 Å². The number of hydrogen-bond acceptors (Lipinski definition) is 2. The van der Waals surface area contributed by atoms with Gasteiger partial charge in [0, 0.05) is 4.90 Å². The van der Waals surface area contributed by atoms with Crippen molar-refractivity contribution >= 4 is 11.8 Å². The Bertz CT molecular complexity index is 563. The summed E-state index contributed by atoms with van der Waals surface area (Å²) in [5.74, 6) is -0.419. The smallest absolute Gasteiger partial charge is 0.384 e. The molecule has 1 N–H and O–H groups in total. The number of rotatable bonds is 3. The third-order valence-corrected chi connectivity index (χ3v) is 3.35. The molecule has 0 fully saturated rings. The van der Waals surface area contributed by atoms with Gasteiger partial charge in [0.1, 0.15) is 11.9 Å². The first-order chi connectivity index (χ1) is 9.35. The highest BCUT2D eigenvalue weighted by Crippen LogP contribution is 2.37. The lowest BCUT2D eigenvalue weighted by molar-refractivity contribution is -0.0328. The normalized spacial score (nSPS) is 13.2. The lowest BCUT2D eigenvalue weighted by Gasteiger charge is -2.12. The van der Waals surface area contributed by atoms with Crippen LogP contribution in [-0.2, 0) is 0 Å². The fraction of sp³-hybridized carbons (Fsp3) is 0.143. The minimum Gasteiger partial charge on any atom is -0.384 e. The van der Waals surface area contributed by atoms with Crippen molar-refractivity contribution in [2.45, 2.75) is 16.5 Å². The van der Waals surface area contributed by atoms with Gasteiger partial charge in [-0.25, -0.2) is 4.39 Å². The summed E-state index contributed by atoms with van der Waals surface area (Å²) in [6.07, 6.45) is -1.000. The molecule has 0 saturated heterocycles. The molecule has 0 spiro atoms. The zero-order chi connectivity index (χ0) is 14.8. The first kappa shape index (κ1) is 14.9. The van der Waals surface area contributed by atoms with Gasteiger partial charge in [-0.05, 0) is 47.2 Å². The van der Waals surface area contributed by atoms with Crippen LogP contribution in [0.15, 0.2) is 53.4 Å². The van der Waals surface area contributed by atoms with E-state index in [0.29, 0.717) is 11.1 Å². The Balaban J connectivity index is 2.15. The second-order valence-electron chi connectivity index (χ2n) is 4.07. The third kappa shape index (κ3) is 3.98. The molecule has 0 aromatic heterocycles. The molecule has 0 bridgehead atoms. The molecule has 0 heterocycles. The molecule has 0 saturated carbocycles. The Morgan fingerprint density at radius 2 is 1.30 bits per heavy atom. The minimum absolute atomic E-state index is 0.0487. The molecule has 1 nitrogen and oxygen atoms in total. The first-order valence-corrected chi connectivity index (χ1v) is 6.46. The van der Waals surface area contributed by atoms with Gasteiger partial charge in [0.15, 0.2) is 0 Å². The Hall–Kier alpha value is -1.53. The van der Waals surface area contributed by atoms with Crippen molar-refractivity contribution < 1.29 is 22.7 Å². The van der Waals surface area contributed by atoms with E-state index in [1.807, 2.05) is 0 Å². The Labute approximate surface area is 117 Å². The second kappa shape index (κ2) is 5.85. The second-order valence-corrected chi connectivity index (χ2v) is 5.21. The average Bonchev–Trinajstić information content (AvgIpc) is 2.38. The number of thioether (sulfide) groups is 1. The Morgan fingerprint density at radius 3 is 1.75 bits per heavy atom. The van der Waals surface area contributed by atoms with Gasteiger partial charge in [0.25, 0.3) is 0 Å². The van der Waals surface area contributed by atoms with Gasteiger partial charge in [0.05, 0.1) is 0 Å². The number of aliphatic hydroxyl groups excluding tert-OH is 1. The summed E-state index contributed by atoms with van der Waals surface area (Å²) in [6.45, 7) is 0. The zero-order valence-corrected chi connectivity index (χ0v) is 10.9. The SMILES string of the molecule is OC(c1ccc(F)cc1)c1ccc(SC(F)(F)F)cc1. The fourth-order valence-electron chi connectivity index (χ4n) is 1.69. The molecule has 0 amide bonds. The predicted molar refractivity (Wildman–Crippen MR) is 68.8 cm³/mol. The highest BCUT2D eigenvalue weighted by atomic mass is 32.2. The summed E-state index contributed by atoms with van der Waals surface area (Å²) in [5.41, 5.74) is -3.41. The van der Waals surface area contributed by atoms with E-state index in [2.05, 4.69) is 0 Å². The molecule has 6 heteroatoms. The summed E-state index contributed by atoms with van der Waals surface area (Å²) in [6, 6.07) is 10.7. The zero-order valence-electron chi connectivity index (χ0n) is 10.1. The summed E-state index contributed by atoms with van der Waals surface area (Å²) < 4.78 is 49.3. The van der Waals surface area contributed by atoms with E-state index in [0.717, 1.165) is 0 Å². The van der Waals surface area contributed by atoms with Crippen molar-refractivity contribution in [3.05, 3.63) is 65.5 Å². The van der Waals surface area contributed by atoms with Gasteiger partial charge >= 0.3 is 5.51 Å². The monoisotopic (exact) mass is 302 g/mol. The molecule has 0 radical (unpaired) electrons. The maximum atomic E-state index is 12.8.